The Morgan fingerprint density at radius 2 is 1.70 bits per heavy atom. The molecule has 3 aromatic rings. The van der Waals surface area contributed by atoms with Gasteiger partial charge in [0.15, 0.2) is 0 Å². The van der Waals surface area contributed by atoms with E-state index in [0.29, 0.717) is 18.3 Å². The zero-order valence-electron chi connectivity index (χ0n) is 13.2. The van der Waals surface area contributed by atoms with Crippen molar-refractivity contribution in [2.75, 3.05) is 7.05 Å². The molecular formula is C18H18FN3O. The predicted octanol–water partition coefficient (Wildman–Crippen LogP) is 3.82. The van der Waals surface area contributed by atoms with Crippen LogP contribution in [0.25, 0.3) is 11.4 Å². The summed E-state index contributed by atoms with van der Waals surface area (Å²) in [7, 11) is 2.00. The van der Waals surface area contributed by atoms with E-state index in [0.717, 1.165) is 12.1 Å². The fourth-order valence-corrected chi connectivity index (χ4v) is 2.33. The summed E-state index contributed by atoms with van der Waals surface area (Å²) in [5.74, 6) is 0.734. The van der Waals surface area contributed by atoms with Crippen LogP contribution in [0, 0.1) is 12.7 Å². The van der Waals surface area contributed by atoms with Crippen LogP contribution in [0.3, 0.4) is 0 Å². The molecule has 0 saturated heterocycles. The molecule has 0 N–H and O–H groups in total. The lowest BCUT2D eigenvalue weighted by Crippen LogP contribution is -2.17. The Balaban J connectivity index is 1.64. The van der Waals surface area contributed by atoms with Crippen molar-refractivity contribution in [3.8, 4) is 11.4 Å². The molecule has 2 aromatic carbocycles. The smallest absolute Gasteiger partial charge is 0.241 e. The Labute approximate surface area is 134 Å². The van der Waals surface area contributed by atoms with E-state index in [1.807, 2.05) is 7.05 Å². The van der Waals surface area contributed by atoms with Crippen LogP contribution >= 0.6 is 0 Å². The number of hydrogen-bond acceptors (Lipinski definition) is 4. The van der Waals surface area contributed by atoms with Crippen molar-refractivity contribution in [1.29, 1.82) is 0 Å². The van der Waals surface area contributed by atoms with Crippen LogP contribution in [0.2, 0.25) is 0 Å². The standard InChI is InChI=1S/C18H18FN3O/c1-13-3-5-14(6-4-13)11-22(2)12-17-20-18(21-23-17)15-7-9-16(19)10-8-15/h3-10H,11-12H2,1-2H3. The monoisotopic (exact) mass is 311 g/mol. The SMILES string of the molecule is Cc1ccc(CN(C)Cc2nc(-c3ccc(F)cc3)no2)cc1. The van der Waals surface area contributed by atoms with E-state index in [1.54, 1.807) is 12.1 Å². The van der Waals surface area contributed by atoms with Gasteiger partial charge in [-0.1, -0.05) is 35.0 Å². The zero-order valence-corrected chi connectivity index (χ0v) is 13.2. The van der Waals surface area contributed by atoms with E-state index in [1.165, 1.54) is 23.3 Å². The highest BCUT2D eigenvalue weighted by molar-refractivity contribution is 5.53. The molecule has 0 amide bonds. The molecule has 0 unspecified atom stereocenters. The quantitative estimate of drug-likeness (QED) is 0.718. The van der Waals surface area contributed by atoms with E-state index in [4.69, 9.17) is 4.52 Å². The molecule has 0 atom stereocenters. The molecule has 0 bridgehead atoms. The molecule has 1 aromatic heterocycles. The summed E-state index contributed by atoms with van der Waals surface area (Å²) in [5, 5.41) is 3.95. The summed E-state index contributed by atoms with van der Waals surface area (Å²) >= 11 is 0. The maximum Gasteiger partial charge on any atom is 0.241 e. The van der Waals surface area contributed by atoms with Gasteiger partial charge in [-0.3, -0.25) is 4.90 Å². The van der Waals surface area contributed by atoms with E-state index in [2.05, 4.69) is 46.2 Å². The number of nitrogens with zero attached hydrogens (tertiary/aromatic N) is 3. The topological polar surface area (TPSA) is 42.2 Å². The minimum absolute atomic E-state index is 0.282. The van der Waals surface area contributed by atoms with Gasteiger partial charge in [-0.2, -0.15) is 4.98 Å². The van der Waals surface area contributed by atoms with Gasteiger partial charge in [0.1, 0.15) is 5.82 Å². The Morgan fingerprint density at radius 3 is 2.39 bits per heavy atom. The van der Waals surface area contributed by atoms with Crippen molar-refractivity contribution in [1.82, 2.24) is 15.0 Å². The fraction of sp³-hybridized carbons (Fsp3) is 0.222. The number of aromatic nitrogens is 2. The van der Waals surface area contributed by atoms with E-state index in [9.17, 15) is 4.39 Å². The minimum atomic E-state index is -0.282. The van der Waals surface area contributed by atoms with Crippen LogP contribution in [0.5, 0.6) is 0 Å². The van der Waals surface area contributed by atoms with Gasteiger partial charge in [0.2, 0.25) is 11.7 Å². The Morgan fingerprint density at radius 1 is 1.00 bits per heavy atom. The maximum absolute atomic E-state index is 12.9. The normalized spacial score (nSPS) is 11.1. The molecule has 5 heteroatoms. The van der Waals surface area contributed by atoms with Gasteiger partial charge in [-0.25, -0.2) is 4.39 Å². The Bertz CT molecular complexity index is 766. The predicted molar refractivity (Wildman–Crippen MR) is 86.0 cm³/mol. The Hall–Kier alpha value is -2.53. The van der Waals surface area contributed by atoms with Crippen LogP contribution in [0.4, 0.5) is 4.39 Å². The largest absolute Gasteiger partial charge is 0.338 e. The van der Waals surface area contributed by atoms with Crippen LogP contribution in [-0.4, -0.2) is 22.1 Å². The molecule has 1 heterocycles. The zero-order chi connectivity index (χ0) is 16.2. The number of halogens is 1. The summed E-state index contributed by atoms with van der Waals surface area (Å²) in [6.07, 6.45) is 0. The third kappa shape index (κ3) is 4.02. The van der Waals surface area contributed by atoms with Gasteiger partial charge in [-0.05, 0) is 43.8 Å². The average molecular weight is 311 g/mol. The van der Waals surface area contributed by atoms with E-state index in [-0.39, 0.29) is 5.82 Å². The molecule has 0 aliphatic carbocycles. The molecule has 0 radical (unpaired) electrons. The first-order valence-corrected chi connectivity index (χ1v) is 7.43. The average Bonchev–Trinajstić information content (AvgIpc) is 2.98. The first kappa shape index (κ1) is 15.4. The van der Waals surface area contributed by atoms with Crippen molar-refractivity contribution in [2.45, 2.75) is 20.0 Å². The highest BCUT2D eigenvalue weighted by Crippen LogP contribution is 2.17. The van der Waals surface area contributed by atoms with Crippen molar-refractivity contribution in [3.05, 3.63) is 71.4 Å². The van der Waals surface area contributed by atoms with Gasteiger partial charge in [0, 0.05) is 12.1 Å². The lowest BCUT2D eigenvalue weighted by Gasteiger charge is -2.14. The minimum Gasteiger partial charge on any atom is -0.338 e. The van der Waals surface area contributed by atoms with Gasteiger partial charge < -0.3 is 4.52 Å². The molecule has 0 aliphatic heterocycles. The first-order chi connectivity index (χ1) is 11.1. The molecule has 0 fully saturated rings. The van der Waals surface area contributed by atoms with Gasteiger partial charge in [0.25, 0.3) is 0 Å². The van der Waals surface area contributed by atoms with Gasteiger partial charge in [0.05, 0.1) is 6.54 Å². The summed E-state index contributed by atoms with van der Waals surface area (Å²) in [6, 6.07) is 14.5. The molecule has 23 heavy (non-hydrogen) atoms. The van der Waals surface area contributed by atoms with E-state index < -0.39 is 0 Å². The molecule has 0 saturated carbocycles. The fourth-order valence-electron chi connectivity index (χ4n) is 2.33. The number of rotatable bonds is 5. The summed E-state index contributed by atoms with van der Waals surface area (Å²) in [6.45, 7) is 3.43. The van der Waals surface area contributed by atoms with Crippen LogP contribution in [0.15, 0.2) is 53.1 Å². The highest BCUT2D eigenvalue weighted by atomic mass is 19.1. The Kier molecular flexibility index (Phi) is 4.48. The van der Waals surface area contributed by atoms with E-state index >= 15 is 0 Å². The molecule has 4 nitrogen and oxygen atoms in total. The van der Waals surface area contributed by atoms with Gasteiger partial charge in [-0.15, -0.1) is 0 Å². The number of aryl methyl sites for hydroxylation is 1. The highest BCUT2D eigenvalue weighted by Gasteiger charge is 2.11. The summed E-state index contributed by atoms with van der Waals surface area (Å²) < 4.78 is 18.2. The van der Waals surface area contributed by atoms with Crippen molar-refractivity contribution in [3.63, 3.8) is 0 Å². The van der Waals surface area contributed by atoms with Crippen LogP contribution in [0.1, 0.15) is 17.0 Å². The lowest BCUT2D eigenvalue weighted by molar-refractivity contribution is 0.261. The molecular weight excluding hydrogens is 293 g/mol. The summed E-state index contributed by atoms with van der Waals surface area (Å²) in [4.78, 5) is 6.47. The second kappa shape index (κ2) is 6.71. The van der Waals surface area contributed by atoms with Crippen molar-refractivity contribution >= 4 is 0 Å². The second-order valence-electron chi connectivity index (χ2n) is 5.68. The maximum atomic E-state index is 12.9. The first-order valence-electron chi connectivity index (χ1n) is 7.43. The van der Waals surface area contributed by atoms with Gasteiger partial charge >= 0.3 is 0 Å². The second-order valence-corrected chi connectivity index (χ2v) is 5.68. The third-order valence-electron chi connectivity index (χ3n) is 3.55. The number of benzene rings is 2. The summed E-state index contributed by atoms with van der Waals surface area (Å²) in [5.41, 5.74) is 3.22. The van der Waals surface area contributed by atoms with Crippen LogP contribution in [-0.2, 0) is 13.1 Å². The lowest BCUT2D eigenvalue weighted by atomic mass is 10.1. The molecule has 0 aliphatic rings. The third-order valence-corrected chi connectivity index (χ3v) is 3.55. The van der Waals surface area contributed by atoms with Crippen molar-refractivity contribution in [2.24, 2.45) is 0 Å². The number of hydrogen-bond donors (Lipinski definition) is 0. The van der Waals surface area contributed by atoms with Crippen LogP contribution < -0.4 is 0 Å². The molecule has 0 spiro atoms. The molecule has 3 rings (SSSR count). The van der Waals surface area contributed by atoms with Crippen molar-refractivity contribution < 1.29 is 8.91 Å². The molecule has 118 valence electrons.